The molecule has 7 heteroatoms. The van der Waals surface area contributed by atoms with E-state index in [1.807, 2.05) is 35.2 Å². The minimum atomic E-state index is -0.326. The van der Waals surface area contributed by atoms with E-state index in [1.165, 1.54) is 11.3 Å². The van der Waals surface area contributed by atoms with Gasteiger partial charge in [-0.2, -0.15) is 0 Å². The molecule has 0 aliphatic carbocycles. The zero-order chi connectivity index (χ0) is 19.1. The van der Waals surface area contributed by atoms with E-state index in [1.54, 1.807) is 0 Å². The number of nitrogens with zero attached hydrogens (tertiary/aromatic N) is 4. The van der Waals surface area contributed by atoms with Gasteiger partial charge in [0.05, 0.1) is 10.2 Å². The summed E-state index contributed by atoms with van der Waals surface area (Å²) < 4.78 is 6.60. The molecule has 0 unspecified atom stereocenters. The molecule has 2 aromatic carbocycles. The van der Waals surface area contributed by atoms with Gasteiger partial charge in [0.1, 0.15) is 0 Å². The number of fused-ring (bicyclic) bond motifs is 1. The Bertz CT molecular complexity index is 1150. The summed E-state index contributed by atoms with van der Waals surface area (Å²) in [5.41, 5.74) is 3.02. The van der Waals surface area contributed by atoms with Crippen LogP contribution in [0.4, 0.5) is 6.01 Å². The molecule has 2 aromatic heterocycles. The smallest absolute Gasteiger partial charge is 0.318 e. The molecule has 0 amide bonds. The van der Waals surface area contributed by atoms with Crippen LogP contribution >= 0.6 is 11.3 Å². The minimum Gasteiger partial charge on any atom is -0.400 e. The predicted molar refractivity (Wildman–Crippen MR) is 109 cm³/mol. The Morgan fingerprint density at radius 1 is 1.14 bits per heavy atom. The molecule has 4 aromatic rings. The van der Waals surface area contributed by atoms with E-state index in [0.717, 1.165) is 40.9 Å². The number of anilines is 1. The van der Waals surface area contributed by atoms with Crippen LogP contribution in [0.3, 0.4) is 0 Å². The third-order valence-electron chi connectivity index (χ3n) is 4.99. The van der Waals surface area contributed by atoms with Crippen LogP contribution in [0.2, 0.25) is 0 Å². The third kappa shape index (κ3) is 3.07. The van der Waals surface area contributed by atoms with Crippen molar-refractivity contribution in [1.82, 2.24) is 15.2 Å². The Balaban J connectivity index is 1.43. The van der Waals surface area contributed by atoms with Gasteiger partial charge < -0.3 is 9.32 Å². The number of hydrogen-bond donors (Lipinski definition) is 0. The number of carbonyl (C=O) groups excluding carboxylic acids is 1. The van der Waals surface area contributed by atoms with Gasteiger partial charge in [-0.15, -0.1) is 16.4 Å². The molecule has 1 atom stereocenters. The van der Waals surface area contributed by atoms with Crippen LogP contribution in [-0.2, 0) is 0 Å². The zero-order valence-electron chi connectivity index (χ0n) is 15.3. The SMILES string of the molecule is C[C@H]1CCN(c2nnc(C(=O)c3nc4ccc(-c5ccccc5)cc4s3)o2)C1. The fraction of sp³-hybridized carbons (Fsp3) is 0.238. The third-order valence-corrected chi connectivity index (χ3v) is 6.01. The summed E-state index contributed by atoms with van der Waals surface area (Å²) in [6, 6.07) is 16.6. The summed E-state index contributed by atoms with van der Waals surface area (Å²) in [4.78, 5) is 19.3. The first kappa shape index (κ1) is 17.1. The number of benzene rings is 2. The Morgan fingerprint density at radius 3 is 2.79 bits per heavy atom. The normalized spacial score (nSPS) is 16.8. The highest BCUT2D eigenvalue weighted by atomic mass is 32.1. The van der Waals surface area contributed by atoms with E-state index in [0.29, 0.717) is 16.9 Å². The molecule has 28 heavy (non-hydrogen) atoms. The van der Waals surface area contributed by atoms with Crippen molar-refractivity contribution in [2.75, 3.05) is 18.0 Å². The fourth-order valence-corrected chi connectivity index (χ4v) is 4.40. The van der Waals surface area contributed by atoms with E-state index in [2.05, 4.69) is 40.3 Å². The second kappa shape index (κ2) is 6.83. The van der Waals surface area contributed by atoms with Crippen molar-refractivity contribution >= 4 is 33.4 Å². The summed E-state index contributed by atoms with van der Waals surface area (Å²) in [7, 11) is 0. The molecule has 1 fully saturated rings. The molecule has 140 valence electrons. The number of aromatic nitrogens is 3. The van der Waals surface area contributed by atoms with E-state index in [9.17, 15) is 4.79 Å². The van der Waals surface area contributed by atoms with Gasteiger partial charge in [0.15, 0.2) is 5.01 Å². The molecule has 1 aliphatic rings. The maximum Gasteiger partial charge on any atom is 0.318 e. The zero-order valence-corrected chi connectivity index (χ0v) is 16.1. The summed E-state index contributed by atoms with van der Waals surface area (Å²) in [5, 5.41) is 8.37. The Labute approximate surface area is 165 Å². The van der Waals surface area contributed by atoms with Gasteiger partial charge in [-0.25, -0.2) is 4.98 Å². The van der Waals surface area contributed by atoms with Crippen molar-refractivity contribution in [3.63, 3.8) is 0 Å². The van der Waals surface area contributed by atoms with Crippen LogP contribution in [0.15, 0.2) is 52.9 Å². The van der Waals surface area contributed by atoms with Gasteiger partial charge in [0, 0.05) is 13.1 Å². The second-order valence-electron chi connectivity index (χ2n) is 7.13. The largest absolute Gasteiger partial charge is 0.400 e. The van der Waals surface area contributed by atoms with E-state index in [4.69, 9.17) is 4.42 Å². The maximum atomic E-state index is 12.8. The van der Waals surface area contributed by atoms with Crippen LogP contribution in [0.1, 0.15) is 29.0 Å². The predicted octanol–water partition coefficient (Wildman–Crippen LogP) is 4.42. The molecule has 6 nitrogen and oxygen atoms in total. The first-order chi connectivity index (χ1) is 13.7. The molecule has 0 bridgehead atoms. The summed E-state index contributed by atoms with van der Waals surface area (Å²) in [5.74, 6) is 0.263. The highest BCUT2D eigenvalue weighted by molar-refractivity contribution is 7.20. The average molecular weight is 390 g/mol. The fourth-order valence-electron chi connectivity index (χ4n) is 3.47. The second-order valence-corrected chi connectivity index (χ2v) is 8.16. The van der Waals surface area contributed by atoms with E-state index < -0.39 is 0 Å². The van der Waals surface area contributed by atoms with Crippen molar-refractivity contribution in [2.24, 2.45) is 5.92 Å². The van der Waals surface area contributed by atoms with Gasteiger partial charge >= 0.3 is 6.01 Å². The van der Waals surface area contributed by atoms with Gasteiger partial charge in [0.25, 0.3) is 11.7 Å². The van der Waals surface area contributed by atoms with Gasteiger partial charge in [-0.1, -0.05) is 48.4 Å². The van der Waals surface area contributed by atoms with Crippen molar-refractivity contribution in [2.45, 2.75) is 13.3 Å². The molecule has 0 spiro atoms. The Morgan fingerprint density at radius 2 is 2.00 bits per heavy atom. The van der Waals surface area contributed by atoms with E-state index >= 15 is 0 Å². The van der Waals surface area contributed by atoms with Crippen molar-refractivity contribution < 1.29 is 9.21 Å². The van der Waals surface area contributed by atoms with Crippen LogP contribution in [0, 0.1) is 5.92 Å². The summed E-state index contributed by atoms with van der Waals surface area (Å²) in [6.07, 6.45) is 1.09. The molecular formula is C21H18N4O2S. The van der Waals surface area contributed by atoms with Crippen molar-refractivity contribution in [1.29, 1.82) is 0 Å². The quantitative estimate of drug-likeness (QED) is 0.480. The lowest BCUT2D eigenvalue weighted by Crippen LogP contribution is -2.19. The molecule has 3 heterocycles. The van der Waals surface area contributed by atoms with Crippen molar-refractivity contribution in [3.8, 4) is 11.1 Å². The lowest BCUT2D eigenvalue weighted by molar-refractivity contribution is 0.100. The lowest BCUT2D eigenvalue weighted by Gasteiger charge is -2.10. The topological polar surface area (TPSA) is 72.1 Å². The first-order valence-corrected chi connectivity index (χ1v) is 10.1. The highest BCUT2D eigenvalue weighted by Crippen LogP contribution is 2.30. The van der Waals surface area contributed by atoms with E-state index in [-0.39, 0.29) is 11.7 Å². The number of thiazole rings is 1. The van der Waals surface area contributed by atoms with Crippen LogP contribution in [-0.4, -0.2) is 34.1 Å². The molecule has 0 radical (unpaired) electrons. The van der Waals surface area contributed by atoms with Gasteiger partial charge in [0.2, 0.25) is 0 Å². The average Bonchev–Trinajstić information content (AvgIpc) is 3.46. The molecule has 1 saturated heterocycles. The Kier molecular flexibility index (Phi) is 4.16. The lowest BCUT2D eigenvalue weighted by atomic mass is 10.1. The van der Waals surface area contributed by atoms with Gasteiger partial charge in [-0.05, 0) is 35.6 Å². The Hall–Kier alpha value is -3.06. The number of ketones is 1. The molecule has 0 N–H and O–H groups in total. The van der Waals surface area contributed by atoms with Crippen LogP contribution < -0.4 is 4.90 Å². The molecule has 1 aliphatic heterocycles. The number of hydrogen-bond acceptors (Lipinski definition) is 7. The maximum absolute atomic E-state index is 12.8. The molecule has 0 saturated carbocycles. The number of rotatable bonds is 4. The monoisotopic (exact) mass is 390 g/mol. The highest BCUT2D eigenvalue weighted by Gasteiger charge is 2.26. The van der Waals surface area contributed by atoms with Gasteiger partial charge in [-0.3, -0.25) is 4.79 Å². The first-order valence-electron chi connectivity index (χ1n) is 9.26. The van der Waals surface area contributed by atoms with Crippen LogP contribution in [0.25, 0.3) is 21.3 Å². The molecular weight excluding hydrogens is 372 g/mol. The summed E-state index contributed by atoms with van der Waals surface area (Å²) >= 11 is 1.35. The van der Waals surface area contributed by atoms with Crippen molar-refractivity contribution in [3.05, 3.63) is 59.4 Å². The molecule has 5 rings (SSSR count). The van der Waals surface area contributed by atoms with Crippen LogP contribution in [0.5, 0.6) is 0 Å². The number of carbonyl (C=O) groups is 1. The summed E-state index contributed by atoms with van der Waals surface area (Å²) in [6.45, 7) is 3.94. The standard InChI is InChI=1S/C21H18N4O2S/c1-13-9-10-25(12-13)21-24-23-19(27-21)18(26)20-22-16-8-7-15(11-17(16)28-20)14-5-3-2-4-6-14/h2-8,11,13H,9-10,12H2,1H3/t13-/m0/s1. The minimum absolute atomic E-state index is 0.00288.